The van der Waals surface area contributed by atoms with Crippen LogP contribution >= 0.6 is 11.8 Å². The summed E-state index contributed by atoms with van der Waals surface area (Å²) < 4.78 is 5.50. The Hall–Kier alpha value is -1.000. The van der Waals surface area contributed by atoms with E-state index in [2.05, 4.69) is 28.8 Å². The molecule has 3 atom stereocenters. The molecular weight excluding hydrogens is 306 g/mol. The molecule has 0 aromatic heterocycles. The number of carbonyl (C=O) groups is 1. The average Bonchev–Trinajstić information content (AvgIpc) is 3.15. The van der Waals surface area contributed by atoms with Crippen LogP contribution in [-0.4, -0.2) is 47.6 Å². The molecule has 1 aromatic rings. The molecule has 0 radical (unpaired) electrons. The summed E-state index contributed by atoms with van der Waals surface area (Å²) in [5.74, 6) is 1.79. The summed E-state index contributed by atoms with van der Waals surface area (Å²) in [7, 11) is 0. The van der Waals surface area contributed by atoms with Gasteiger partial charge >= 0.3 is 0 Å². The van der Waals surface area contributed by atoms with Crippen LogP contribution in [0.1, 0.15) is 53.9 Å². The summed E-state index contributed by atoms with van der Waals surface area (Å²) in [6.45, 7) is 2.54. The van der Waals surface area contributed by atoms with Crippen LogP contribution < -0.4 is 0 Å². The Kier molecular flexibility index (Phi) is 4.63. The first kappa shape index (κ1) is 15.5. The van der Waals surface area contributed by atoms with Gasteiger partial charge in [-0.05, 0) is 37.0 Å². The number of hydrogen-bond donors (Lipinski definition) is 0. The third-order valence-electron chi connectivity index (χ3n) is 5.53. The van der Waals surface area contributed by atoms with Gasteiger partial charge in [0.25, 0.3) is 5.91 Å². The molecule has 4 rings (SSSR count). The van der Waals surface area contributed by atoms with Gasteiger partial charge in [-0.2, -0.15) is 11.8 Å². The van der Waals surface area contributed by atoms with E-state index >= 15 is 0 Å². The van der Waals surface area contributed by atoms with Crippen LogP contribution in [0.4, 0.5) is 0 Å². The molecule has 3 aliphatic rings. The molecule has 1 amide bonds. The molecule has 3 nitrogen and oxygen atoms in total. The molecule has 4 heteroatoms. The first-order valence-electron chi connectivity index (χ1n) is 8.93. The van der Waals surface area contributed by atoms with Crippen LogP contribution in [0.5, 0.6) is 0 Å². The number of carbonyl (C=O) groups excluding carboxylic acids is 1. The second-order valence-corrected chi connectivity index (χ2v) is 8.29. The molecule has 2 saturated heterocycles. The van der Waals surface area contributed by atoms with Crippen molar-refractivity contribution in [2.45, 2.75) is 49.3 Å². The molecule has 23 heavy (non-hydrogen) atoms. The molecule has 0 spiro atoms. The standard InChI is InChI=1S/C19H25NO2S/c21-19(20-9-11-23-18-7-2-1-6-17(18)20)15-5-3-4-14(12-15)16-8-10-22-13-16/h3-5,12,16-18H,1-2,6-11,13H2/t16-,17-,18+/m1/s1. The Labute approximate surface area is 142 Å². The lowest BCUT2D eigenvalue weighted by molar-refractivity contribution is 0.0646. The molecule has 2 heterocycles. The van der Waals surface area contributed by atoms with Crippen molar-refractivity contribution in [3.63, 3.8) is 0 Å². The number of hydrogen-bond acceptors (Lipinski definition) is 3. The zero-order chi connectivity index (χ0) is 15.6. The molecule has 1 aromatic carbocycles. The lowest BCUT2D eigenvalue weighted by Gasteiger charge is -2.43. The summed E-state index contributed by atoms with van der Waals surface area (Å²) in [4.78, 5) is 15.3. The second kappa shape index (κ2) is 6.86. The maximum Gasteiger partial charge on any atom is 0.254 e. The number of nitrogens with zero attached hydrogens (tertiary/aromatic N) is 1. The van der Waals surface area contributed by atoms with Crippen LogP contribution in [0.15, 0.2) is 24.3 Å². The Morgan fingerprint density at radius 3 is 3.00 bits per heavy atom. The van der Waals surface area contributed by atoms with Crippen molar-refractivity contribution in [2.75, 3.05) is 25.5 Å². The summed E-state index contributed by atoms with van der Waals surface area (Å²) in [5.41, 5.74) is 2.13. The average molecular weight is 331 g/mol. The lowest BCUT2D eigenvalue weighted by atomic mass is 9.92. The van der Waals surface area contributed by atoms with Crippen LogP contribution in [0, 0.1) is 0 Å². The van der Waals surface area contributed by atoms with Gasteiger partial charge in [-0.3, -0.25) is 4.79 Å². The van der Waals surface area contributed by atoms with Gasteiger partial charge in [0.05, 0.1) is 6.61 Å². The van der Waals surface area contributed by atoms with E-state index in [4.69, 9.17) is 4.74 Å². The highest BCUT2D eigenvalue weighted by Crippen LogP contribution is 2.36. The van der Waals surface area contributed by atoms with Crippen LogP contribution in [-0.2, 0) is 4.74 Å². The highest BCUT2D eigenvalue weighted by atomic mass is 32.2. The molecule has 124 valence electrons. The monoisotopic (exact) mass is 331 g/mol. The fourth-order valence-corrected chi connectivity index (χ4v) is 5.68. The topological polar surface area (TPSA) is 29.5 Å². The van der Waals surface area contributed by atoms with Crippen molar-refractivity contribution in [3.8, 4) is 0 Å². The summed E-state index contributed by atoms with van der Waals surface area (Å²) in [6, 6.07) is 8.74. The van der Waals surface area contributed by atoms with E-state index in [1.54, 1.807) is 0 Å². The third kappa shape index (κ3) is 3.16. The van der Waals surface area contributed by atoms with Gasteiger partial charge in [0.1, 0.15) is 0 Å². The SMILES string of the molecule is O=C(c1cccc([C@@H]2CCOC2)c1)N1CCS[C@H]2CCCC[C@H]21. The van der Waals surface area contributed by atoms with Gasteiger partial charge < -0.3 is 9.64 Å². The van der Waals surface area contributed by atoms with Crippen LogP contribution in [0.3, 0.4) is 0 Å². The van der Waals surface area contributed by atoms with Crippen molar-refractivity contribution < 1.29 is 9.53 Å². The van der Waals surface area contributed by atoms with E-state index in [1.807, 2.05) is 12.1 Å². The van der Waals surface area contributed by atoms with E-state index in [9.17, 15) is 4.79 Å². The molecule has 0 bridgehead atoms. The molecule has 3 fully saturated rings. The van der Waals surface area contributed by atoms with E-state index in [-0.39, 0.29) is 5.91 Å². The van der Waals surface area contributed by atoms with Crippen molar-refractivity contribution in [3.05, 3.63) is 35.4 Å². The maximum atomic E-state index is 13.1. The van der Waals surface area contributed by atoms with Gasteiger partial charge in [0.15, 0.2) is 0 Å². The molecule has 1 aliphatic carbocycles. The zero-order valence-electron chi connectivity index (χ0n) is 13.6. The minimum Gasteiger partial charge on any atom is -0.381 e. The number of fused-ring (bicyclic) bond motifs is 1. The molecule has 1 saturated carbocycles. The second-order valence-electron chi connectivity index (χ2n) is 6.95. The van der Waals surface area contributed by atoms with Gasteiger partial charge in [-0.1, -0.05) is 25.0 Å². The van der Waals surface area contributed by atoms with Gasteiger partial charge in [-0.25, -0.2) is 0 Å². The maximum absolute atomic E-state index is 13.1. The van der Waals surface area contributed by atoms with E-state index in [1.165, 1.54) is 31.2 Å². The van der Waals surface area contributed by atoms with Gasteiger partial charge in [0.2, 0.25) is 0 Å². The van der Waals surface area contributed by atoms with E-state index in [0.717, 1.165) is 37.5 Å². The summed E-state index contributed by atoms with van der Waals surface area (Å²) in [6.07, 6.45) is 6.12. The Morgan fingerprint density at radius 2 is 2.13 bits per heavy atom. The molecular formula is C19H25NO2S. The number of benzene rings is 1. The summed E-state index contributed by atoms with van der Waals surface area (Å²) in [5, 5.41) is 0.660. The minimum atomic E-state index is 0.239. The van der Waals surface area contributed by atoms with Crippen molar-refractivity contribution >= 4 is 17.7 Å². The quantitative estimate of drug-likeness (QED) is 0.828. The number of thioether (sulfide) groups is 1. The van der Waals surface area contributed by atoms with Crippen molar-refractivity contribution in [1.82, 2.24) is 4.90 Å². The zero-order valence-corrected chi connectivity index (χ0v) is 14.4. The van der Waals surface area contributed by atoms with Crippen molar-refractivity contribution in [2.24, 2.45) is 0 Å². The minimum absolute atomic E-state index is 0.239. The lowest BCUT2D eigenvalue weighted by Crippen LogP contribution is -2.51. The number of amides is 1. The normalized spacial score (nSPS) is 31.0. The smallest absolute Gasteiger partial charge is 0.254 e. The number of rotatable bonds is 2. The predicted octanol–water partition coefficient (Wildman–Crippen LogP) is 3.69. The van der Waals surface area contributed by atoms with E-state index < -0.39 is 0 Å². The third-order valence-corrected chi connectivity index (χ3v) is 6.92. The summed E-state index contributed by atoms with van der Waals surface area (Å²) >= 11 is 2.08. The highest BCUT2D eigenvalue weighted by molar-refractivity contribution is 8.00. The predicted molar refractivity (Wildman–Crippen MR) is 94.2 cm³/mol. The van der Waals surface area contributed by atoms with Crippen LogP contribution in [0.25, 0.3) is 0 Å². The fraction of sp³-hybridized carbons (Fsp3) is 0.632. The van der Waals surface area contributed by atoms with Gasteiger partial charge in [-0.15, -0.1) is 0 Å². The first-order valence-corrected chi connectivity index (χ1v) is 9.98. The molecule has 0 unspecified atom stereocenters. The Balaban J connectivity index is 1.54. The van der Waals surface area contributed by atoms with Crippen LogP contribution in [0.2, 0.25) is 0 Å². The Morgan fingerprint density at radius 1 is 1.22 bits per heavy atom. The van der Waals surface area contributed by atoms with Crippen molar-refractivity contribution in [1.29, 1.82) is 0 Å². The molecule has 2 aliphatic heterocycles. The van der Waals surface area contributed by atoms with E-state index in [0.29, 0.717) is 17.2 Å². The largest absolute Gasteiger partial charge is 0.381 e. The Bertz CT molecular complexity index is 568. The molecule has 0 N–H and O–H groups in total. The van der Waals surface area contributed by atoms with Gasteiger partial charge in [0, 0.05) is 41.7 Å². The first-order chi connectivity index (χ1) is 11.3. The fourth-order valence-electron chi connectivity index (χ4n) is 4.24. The highest BCUT2D eigenvalue weighted by Gasteiger charge is 2.36. The number of ether oxygens (including phenoxy) is 1.